The van der Waals surface area contributed by atoms with Crippen molar-refractivity contribution in [1.82, 2.24) is 19.9 Å². The van der Waals surface area contributed by atoms with Crippen molar-refractivity contribution < 1.29 is 0 Å². The van der Waals surface area contributed by atoms with Gasteiger partial charge < -0.3 is 14.9 Å². The number of hydrogen-bond donors (Lipinski definition) is 3. The maximum atomic E-state index is 12.0. The van der Waals surface area contributed by atoms with Gasteiger partial charge in [0, 0.05) is 12.2 Å². The Kier molecular flexibility index (Phi) is 4.55. The summed E-state index contributed by atoms with van der Waals surface area (Å²) in [5.41, 5.74) is 3.82. The standard InChI is InChI=1S/C19H22N4OS/c24-18-17-16(9-11-21-17)23(19(25)22-18)12-13-6-3-4-7-14(13)15-8-2-1-5-10-20-15/h3-4,6-7,9,11,15,20-21H,1-2,5,8,10,12H2,(H,22,24,25). The van der Waals surface area contributed by atoms with Crippen molar-refractivity contribution in [3.8, 4) is 0 Å². The molecule has 0 amide bonds. The molecule has 0 bridgehead atoms. The first-order chi connectivity index (χ1) is 12.2. The molecular formula is C19H22N4OS. The number of nitrogens with zero attached hydrogens (tertiary/aromatic N) is 1. The summed E-state index contributed by atoms with van der Waals surface area (Å²) in [5, 5.41) is 3.68. The highest BCUT2D eigenvalue weighted by Gasteiger charge is 2.17. The Balaban J connectivity index is 1.76. The smallest absolute Gasteiger partial charge is 0.276 e. The molecule has 1 aliphatic rings. The van der Waals surface area contributed by atoms with E-state index >= 15 is 0 Å². The van der Waals surface area contributed by atoms with E-state index < -0.39 is 0 Å². The molecule has 6 heteroatoms. The third-order valence-corrected chi connectivity index (χ3v) is 5.35. The number of benzene rings is 1. The highest BCUT2D eigenvalue weighted by atomic mass is 32.1. The van der Waals surface area contributed by atoms with Crippen molar-refractivity contribution in [3.63, 3.8) is 0 Å². The summed E-state index contributed by atoms with van der Waals surface area (Å²) in [6.45, 7) is 1.72. The van der Waals surface area contributed by atoms with Crippen LogP contribution in [0.2, 0.25) is 0 Å². The van der Waals surface area contributed by atoms with Gasteiger partial charge in [0.15, 0.2) is 4.77 Å². The fourth-order valence-corrected chi connectivity index (χ4v) is 4.00. The van der Waals surface area contributed by atoms with Crippen LogP contribution in [-0.2, 0) is 6.54 Å². The van der Waals surface area contributed by atoms with Gasteiger partial charge in [-0.25, -0.2) is 0 Å². The SMILES string of the molecule is O=c1[nH]c(=S)n(Cc2ccccc2C2CCCCCN2)c2cc[nH]c12. The zero-order valence-electron chi connectivity index (χ0n) is 14.0. The van der Waals surface area contributed by atoms with Gasteiger partial charge in [-0.15, -0.1) is 0 Å². The molecule has 3 heterocycles. The van der Waals surface area contributed by atoms with Gasteiger partial charge in [0.05, 0.1) is 12.1 Å². The lowest BCUT2D eigenvalue weighted by Crippen LogP contribution is -2.22. The molecule has 0 spiro atoms. The Bertz CT molecular complexity index is 992. The van der Waals surface area contributed by atoms with Crippen LogP contribution in [-0.4, -0.2) is 21.1 Å². The summed E-state index contributed by atoms with van der Waals surface area (Å²) in [4.78, 5) is 17.8. The molecule has 1 saturated heterocycles. The predicted molar refractivity (Wildman–Crippen MR) is 102 cm³/mol. The minimum Gasteiger partial charge on any atom is -0.355 e. The summed E-state index contributed by atoms with van der Waals surface area (Å²) < 4.78 is 2.46. The van der Waals surface area contributed by atoms with E-state index in [4.69, 9.17) is 12.2 Å². The van der Waals surface area contributed by atoms with Crippen molar-refractivity contribution in [2.24, 2.45) is 0 Å². The van der Waals surface area contributed by atoms with Crippen LogP contribution >= 0.6 is 12.2 Å². The van der Waals surface area contributed by atoms with Gasteiger partial charge in [0.25, 0.3) is 5.56 Å². The van der Waals surface area contributed by atoms with Crippen molar-refractivity contribution in [2.45, 2.75) is 38.3 Å². The third-order valence-electron chi connectivity index (χ3n) is 5.03. The summed E-state index contributed by atoms with van der Waals surface area (Å²) in [7, 11) is 0. The fraction of sp³-hybridized carbons (Fsp3) is 0.368. The second-order valence-corrected chi connectivity index (χ2v) is 7.02. The molecule has 1 atom stereocenters. The van der Waals surface area contributed by atoms with E-state index in [0.717, 1.165) is 18.5 Å². The van der Waals surface area contributed by atoms with Crippen LogP contribution in [0.25, 0.3) is 11.0 Å². The zero-order valence-corrected chi connectivity index (χ0v) is 14.9. The monoisotopic (exact) mass is 354 g/mol. The van der Waals surface area contributed by atoms with E-state index in [9.17, 15) is 4.79 Å². The number of hydrogen-bond acceptors (Lipinski definition) is 3. The maximum absolute atomic E-state index is 12.0. The van der Waals surface area contributed by atoms with Crippen LogP contribution in [0.3, 0.4) is 0 Å². The molecular weight excluding hydrogens is 332 g/mol. The number of aromatic amines is 2. The summed E-state index contributed by atoms with van der Waals surface area (Å²) in [5.74, 6) is 0. The molecule has 1 fully saturated rings. The minimum atomic E-state index is -0.167. The Morgan fingerprint density at radius 1 is 1.16 bits per heavy atom. The summed E-state index contributed by atoms with van der Waals surface area (Å²) >= 11 is 5.43. The molecule has 25 heavy (non-hydrogen) atoms. The van der Waals surface area contributed by atoms with Crippen molar-refractivity contribution in [3.05, 3.63) is 62.8 Å². The molecule has 1 aliphatic heterocycles. The van der Waals surface area contributed by atoms with Crippen LogP contribution in [0.15, 0.2) is 41.3 Å². The average molecular weight is 354 g/mol. The molecule has 3 aromatic rings. The first-order valence-corrected chi connectivity index (χ1v) is 9.26. The van der Waals surface area contributed by atoms with E-state index in [2.05, 4.69) is 39.6 Å². The Labute approximate surface area is 151 Å². The second kappa shape index (κ2) is 6.98. The molecule has 5 nitrogen and oxygen atoms in total. The summed E-state index contributed by atoms with van der Waals surface area (Å²) in [6, 6.07) is 10.8. The van der Waals surface area contributed by atoms with Crippen LogP contribution in [0, 0.1) is 4.77 Å². The maximum Gasteiger partial charge on any atom is 0.276 e. The molecule has 1 aromatic carbocycles. The van der Waals surface area contributed by atoms with Crippen molar-refractivity contribution in [1.29, 1.82) is 0 Å². The lowest BCUT2D eigenvalue weighted by atomic mass is 9.96. The van der Waals surface area contributed by atoms with Gasteiger partial charge in [-0.1, -0.05) is 37.1 Å². The van der Waals surface area contributed by atoms with Gasteiger partial charge in [-0.05, 0) is 48.8 Å². The molecule has 130 valence electrons. The Morgan fingerprint density at radius 2 is 2.04 bits per heavy atom. The number of rotatable bonds is 3. The predicted octanol–water partition coefficient (Wildman–Crippen LogP) is 3.64. The first-order valence-electron chi connectivity index (χ1n) is 8.85. The van der Waals surface area contributed by atoms with Crippen LogP contribution in [0.5, 0.6) is 0 Å². The molecule has 0 aliphatic carbocycles. The van der Waals surface area contributed by atoms with E-state index in [1.165, 1.54) is 30.4 Å². The molecule has 1 unspecified atom stereocenters. The molecule has 4 rings (SSSR count). The second-order valence-electron chi connectivity index (χ2n) is 6.64. The van der Waals surface area contributed by atoms with Crippen LogP contribution in [0.4, 0.5) is 0 Å². The number of H-pyrrole nitrogens is 2. The first kappa shape index (κ1) is 16.3. The number of aromatic nitrogens is 3. The number of nitrogens with one attached hydrogen (secondary N) is 3. The van der Waals surface area contributed by atoms with Gasteiger partial charge >= 0.3 is 0 Å². The molecule has 3 N–H and O–H groups in total. The quantitative estimate of drug-likeness (QED) is 0.629. The lowest BCUT2D eigenvalue weighted by molar-refractivity contribution is 0.528. The number of fused-ring (bicyclic) bond motifs is 1. The normalized spacial score (nSPS) is 18.3. The molecule has 0 radical (unpaired) electrons. The van der Waals surface area contributed by atoms with Gasteiger partial charge in [-0.3, -0.25) is 9.78 Å². The largest absolute Gasteiger partial charge is 0.355 e. The Morgan fingerprint density at radius 3 is 2.96 bits per heavy atom. The van der Waals surface area contributed by atoms with E-state index in [1.807, 2.05) is 10.6 Å². The van der Waals surface area contributed by atoms with Crippen LogP contribution in [0.1, 0.15) is 42.9 Å². The van der Waals surface area contributed by atoms with Crippen molar-refractivity contribution in [2.75, 3.05) is 6.54 Å². The fourth-order valence-electron chi connectivity index (χ4n) is 3.74. The van der Waals surface area contributed by atoms with Gasteiger partial charge in [-0.2, -0.15) is 0 Å². The third kappa shape index (κ3) is 3.19. The van der Waals surface area contributed by atoms with E-state index in [0.29, 0.717) is 22.9 Å². The topological polar surface area (TPSA) is 65.6 Å². The lowest BCUT2D eigenvalue weighted by Gasteiger charge is -2.21. The zero-order chi connectivity index (χ0) is 17.2. The highest BCUT2D eigenvalue weighted by molar-refractivity contribution is 7.71. The van der Waals surface area contributed by atoms with E-state index in [1.54, 1.807) is 6.20 Å². The highest BCUT2D eigenvalue weighted by Crippen LogP contribution is 2.26. The van der Waals surface area contributed by atoms with Gasteiger partial charge in [0.1, 0.15) is 5.52 Å². The van der Waals surface area contributed by atoms with Crippen LogP contribution < -0.4 is 10.9 Å². The molecule has 2 aromatic heterocycles. The van der Waals surface area contributed by atoms with Crippen molar-refractivity contribution >= 4 is 23.3 Å². The minimum absolute atomic E-state index is 0.167. The Hall–Kier alpha value is -2.18. The average Bonchev–Trinajstić information content (AvgIpc) is 2.95. The summed E-state index contributed by atoms with van der Waals surface area (Å²) in [6.07, 6.45) is 6.73. The van der Waals surface area contributed by atoms with E-state index in [-0.39, 0.29) is 5.56 Å². The van der Waals surface area contributed by atoms with Gasteiger partial charge in [0.2, 0.25) is 0 Å². The molecule has 0 saturated carbocycles.